The molecule has 1 aliphatic rings. The first-order valence-electron chi connectivity index (χ1n) is 13.2. The van der Waals surface area contributed by atoms with Crippen molar-refractivity contribution in [1.29, 1.82) is 0 Å². The average molecular weight is 544 g/mol. The molecule has 1 saturated heterocycles. The van der Waals surface area contributed by atoms with Crippen molar-refractivity contribution in [2.24, 2.45) is 0 Å². The predicted octanol–water partition coefficient (Wildman–Crippen LogP) is 5.10. The van der Waals surface area contributed by atoms with Crippen LogP contribution >= 0.6 is 11.6 Å². The van der Waals surface area contributed by atoms with E-state index in [-0.39, 0.29) is 12.3 Å². The topological polar surface area (TPSA) is 99.5 Å². The van der Waals surface area contributed by atoms with E-state index in [1.165, 1.54) is 5.56 Å². The van der Waals surface area contributed by atoms with Crippen molar-refractivity contribution in [3.63, 3.8) is 0 Å². The minimum Gasteiger partial charge on any atom is -0.481 e. The molecule has 0 unspecified atom stereocenters. The van der Waals surface area contributed by atoms with Gasteiger partial charge >= 0.3 is 5.97 Å². The molecule has 5 rings (SSSR count). The maximum absolute atomic E-state index is 13.4. The van der Waals surface area contributed by atoms with E-state index in [1.807, 2.05) is 59.5 Å². The molecule has 3 heterocycles. The molecule has 8 nitrogen and oxygen atoms in total. The molecular weight excluding hydrogens is 514 g/mol. The summed E-state index contributed by atoms with van der Waals surface area (Å²) in [5, 5.41) is 9.64. The number of rotatable bonds is 9. The van der Waals surface area contributed by atoms with Crippen LogP contribution < -0.4 is 0 Å². The summed E-state index contributed by atoms with van der Waals surface area (Å²) in [6.45, 7) is 3.80. The fraction of sp³-hybridized carbons (Fsp3) is 0.300. The van der Waals surface area contributed by atoms with Gasteiger partial charge in [-0.05, 0) is 67.3 Å². The highest BCUT2D eigenvalue weighted by atomic mass is 35.5. The van der Waals surface area contributed by atoms with E-state index in [0.29, 0.717) is 54.0 Å². The molecule has 0 aliphatic carbocycles. The smallest absolute Gasteiger partial charge is 0.303 e. The van der Waals surface area contributed by atoms with Crippen molar-refractivity contribution >= 4 is 34.5 Å². The summed E-state index contributed by atoms with van der Waals surface area (Å²) in [6.07, 6.45) is 5.54. The van der Waals surface area contributed by atoms with Gasteiger partial charge in [-0.15, -0.1) is 0 Å². The number of fused-ring (bicyclic) bond motifs is 1. The number of pyridine rings is 1. The van der Waals surface area contributed by atoms with Crippen LogP contribution in [0.15, 0.2) is 67.0 Å². The van der Waals surface area contributed by atoms with Crippen LogP contribution in [0.5, 0.6) is 0 Å². The lowest BCUT2D eigenvalue weighted by Gasteiger charge is -2.34. The van der Waals surface area contributed by atoms with Gasteiger partial charge in [0.2, 0.25) is 0 Å². The Morgan fingerprint density at radius 2 is 1.62 bits per heavy atom. The highest BCUT2D eigenvalue weighted by Gasteiger charge is 2.23. The molecule has 0 spiro atoms. The zero-order valence-corrected chi connectivity index (χ0v) is 22.3. The number of nitrogens with zero attached hydrogens (tertiary/aromatic N) is 5. The van der Waals surface area contributed by atoms with Gasteiger partial charge in [0.15, 0.2) is 0 Å². The number of piperazine rings is 1. The molecule has 2 aromatic carbocycles. The Balaban J connectivity index is 1.33. The lowest BCUT2D eigenvalue weighted by atomic mass is 10.0. The molecule has 1 N–H and O–H groups in total. The summed E-state index contributed by atoms with van der Waals surface area (Å²) in [5.74, 6) is -0.814. The zero-order chi connectivity index (χ0) is 27.2. The Morgan fingerprint density at radius 1 is 0.872 bits per heavy atom. The van der Waals surface area contributed by atoms with Crippen LogP contribution in [0.4, 0.5) is 0 Å². The number of amides is 1. The molecule has 39 heavy (non-hydrogen) atoms. The van der Waals surface area contributed by atoms with E-state index in [1.54, 1.807) is 12.4 Å². The Morgan fingerprint density at radius 3 is 2.33 bits per heavy atom. The fourth-order valence-corrected chi connectivity index (χ4v) is 4.97. The fourth-order valence-electron chi connectivity index (χ4n) is 4.84. The van der Waals surface area contributed by atoms with Crippen LogP contribution in [0.25, 0.3) is 22.3 Å². The number of aromatic nitrogens is 3. The molecule has 1 fully saturated rings. The van der Waals surface area contributed by atoms with E-state index in [2.05, 4.69) is 9.88 Å². The highest BCUT2D eigenvalue weighted by molar-refractivity contribution is 6.30. The predicted molar refractivity (Wildman–Crippen MR) is 151 cm³/mol. The first-order chi connectivity index (χ1) is 19.0. The lowest BCUT2D eigenvalue weighted by molar-refractivity contribution is -0.137. The largest absolute Gasteiger partial charge is 0.481 e. The Bertz CT molecular complexity index is 1460. The van der Waals surface area contributed by atoms with Gasteiger partial charge in [-0.1, -0.05) is 23.7 Å². The molecule has 4 aromatic rings. The van der Waals surface area contributed by atoms with Gasteiger partial charge in [-0.3, -0.25) is 19.5 Å². The third-order valence-electron chi connectivity index (χ3n) is 6.97. The van der Waals surface area contributed by atoms with Gasteiger partial charge in [0.05, 0.1) is 22.4 Å². The normalized spacial score (nSPS) is 14.0. The molecule has 1 aliphatic heterocycles. The Kier molecular flexibility index (Phi) is 8.44. The molecule has 1 amide bonds. The number of halogens is 1. The molecule has 9 heteroatoms. The second-order valence-corrected chi connectivity index (χ2v) is 10.2. The molecule has 0 saturated carbocycles. The number of aliphatic carboxylic acids is 1. The first kappa shape index (κ1) is 26.7. The Labute approximate surface area is 232 Å². The van der Waals surface area contributed by atoms with Gasteiger partial charge in [0, 0.05) is 67.7 Å². The number of hydrogen-bond acceptors (Lipinski definition) is 6. The number of aryl methyl sites for hydroxylation is 1. The van der Waals surface area contributed by atoms with Gasteiger partial charge in [0.25, 0.3) is 5.91 Å². The van der Waals surface area contributed by atoms with Crippen LogP contribution in [-0.2, 0) is 17.8 Å². The standard InChI is InChI=1S/C30H30ClN5O3/c31-24-8-5-22(6-9-24)29-26(3-1-2-4-28(37)38)33-27-19-23(7-10-25(27)34-29)30(39)36-17-15-35(16-18-36)20-21-11-13-32-14-12-21/h5-14,19H,1-4,15-18,20H2,(H,37,38). The second kappa shape index (κ2) is 12.3. The summed E-state index contributed by atoms with van der Waals surface area (Å²) in [6, 6.07) is 17.0. The van der Waals surface area contributed by atoms with Crippen LogP contribution in [0.2, 0.25) is 5.02 Å². The van der Waals surface area contributed by atoms with Crippen molar-refractivity contribution in [1.82, 2.24) is 24.8 Å². The number of hydrogen-bond donors (Lipinski definition) is 1. The third-order valence-corrected chi connectivity index (χ3v) is 7.22. The van der Waals surface area contributed by atoms with Gasteiger partial charge in [-0.2, -0.15) is 0 Å². The molecule has 0 radical (unpaired) electrons. The van der Waals surface area contributed by atoms with Crippen LogP contribution in [0.1, 0.15) is 40.9 Å². The highest BCUT2D eigenvalue weighted by Crippen LogP contribution is 2.27. The quantitative estimate of drug-likeness (QED) is 0.293. The van der Waals surface area contributed by atoms with E-state index < -0.39 is 5.97 Å². The van der Waals surface area contributed by atoms with Crippen molar-refractivity contribution in [3.8, 4) is 11.3 Å². The Hall–Kier alpha value is -3.88. The van der Waals surface area contributed by atoms with Crippen LogP contribution in [0, 0.1) is 0 Å². The second-order valence-electron chi connectivity index (χ2n) is 9.75. The lowest BCUT2D eigenvalue weighted by Crippen LogP contribution is -2.48. The molecule has 0 atom stereocenters. The maximum atomic E-state index is 13.4. The van der Waals surface area contributed by atoms with Crippen molar-refractivity contribution < 1.29 is 14.7 Å². The summed E-state index contributed by atoms with van der Waals surface area (Å²) in [4.78, 5) is 42.4. The number of benzene rings is 2. The van der Waals surface area contributed by atoms with Crippen molar-refractivity contribution in [3.05, 3.63) is 88.8 Å². The number of carbonyl (C=O) groups is 2. The number of carbonyl (C=O) groups excluding carboxylic acids is 1. The van der Waals surface area contributed by atoms with E-state index in [4.69, 9.17) is 26.7 Å². The summed E-state index contributed by atoms with van der Waals surface area (Å²) < 4.78 is 0. The minimum atomic E-state index is -0.807. The van der Waals surface area contributed by atoms with Gasteiger partial charge in [-0.25, -0.2) is 9.97 Å². The molecular formula is C30H30ClN5O3. The molecule has 0 bridgehead atoms. The number of carboxylic acids is 1. The molecule has 200 valence electrons. The minimum absolute atomic E-state index is 0.00736. The van der Waals surface area contributed by atoms with Crippen LogP contribution in [0.3, 0.4) is 0 Å². The maximum Gasteiger partial charge on any atom is 0.303 e. The van der Waals surface area contributed by atoms with E-state index in [9.17, 15) is 9.59 Å². The summed E-state index contributed by atoms with van der Waals surface area (Å²) in [5.41, 5.74) is 5.59. The monoisotopic (exact) mass is 543 g/mol. The zero-order valence-electron chi connectivity index (χ0n) is 21.6. The number of carboxylic acid groups (broad SMARTS) is 1. The first-order valence-corrected chi connectivity index (χ1v) is 13.5. The molecule has 2 aromatic heterocycles. The van der Waals surface area contributed by atoms with E-state index >= 15 is 0 Å². The average Bonchev–Trinajstić information content (AvgIpc) is 2.95. The van der Waals surface area contributed by atoms with Crippen molar-refractivity contribution in [2.45, 2.75) is 32.2 Å². The van der Waals surface area contributed by atoms with Gasteiger partial charge in [0.1, 0.15) is 0 Å². The third kappa shape index (κ3) is 6.77. The summed E-state index contributed by atoms with van der Waals surface area (Å²) in [7, 11) is 0. The van der Waals surface area contributed by atoms with Crippen molar-refractivity contribution in [2.75, 3.05) is 26.2 Å². The number of unbranched alkanes of at least 4 members (excludes halogenated alkanes) is 1. The summed E-state index contributed by atoms with van der Waals surface area (Å²) >= 11 is 6.09. The SMILES string of the molecule is O=C(O)CCCCc1nc2cc(C(=O)N3CCN(Cc4ccncc4)CC3)ccc2nc1-c1ccc(Cl)cc1. The van der Waals surface area contributed by atoms with Gasteiger partial charge < -0.3 is 10.0 Å². The van der Waals surface area contributed by atoms with Crippen LogP contribution in [-0.4, -0.2) is 67.9 Å². The van der Waals surface area contributed by atoms with E-state index in [0.717, 1.165) is 36.6 Å².